The highest BCUT2D eigenvalue weighted by Crippen LogP contribution is 2.30. The van der Waals surface area contributed by atoms with E-state index in [1.807, 2.05) is 0 Å². The smallest absolute Gasteiger partial charge is 0.255 e. The van der Waals surface area contributed by atoms with Crippen molar-refractivity contribution in [2.45, 2.75) is 31.2 Å². The molecule has 1 aromatic heterocycles. The molecule has 2 rings (SSSR count). The van der Waals surface area contributed by atoms with Gasteiger partial charge in [-0.3, -0.25) is 9.48 Å². The van der Waals surface area contributed by atoms with Crippen LogP contribution in [0.3, 0.4) is 0 Å². The van der Waals surface area contributed by atoms with Crippen LogP contribution in [0, 0.1) is 0 Å². The molecule has 0 aromatic carbocycles. The van der Waals surface area contributed by atoms with Crippen LogP contribution in [0.2, 0.25) is 0 Å². The number of carbonyl (C=O) groups is 1. The van der Waals surface area contributed by atoms with Crippen molar-refractivity contribution in [3.8, 4) is 0 Å². The van der Waals surface area contributed by atoms with Gasteiger partial charge in [0.25, 0.3) is 5.91 Å². The van der Waals surface area contributed by atoms with Crippen molar-refractivity contribution in [2.75, 3.05) is 0 Å². The average Bonchev–Trinajstić information content (AvgIpc) is 2.98. The number of hydrogen-bond acceptors (Lipinski definition) is 4. The molecule has 0 bridgehead atoms. The molecule has 0 radical (unpaired) electrons. The van der Waals surface area contributed by atoms with Gasteiger partial charge in [-0.1, -0.05) is 18.0 Å². The summed E-state index contributed by atoms with van der Waals surface area (Å²) in [6.45, 7) is 0. The number of hydrogen-bond donors (Lipinski definition) is 3. The Morgan fingerprint density at radius 2 is 2.28 bits per heavy atom. The van der Waals surface area contributed by atoms with Crippen LogP contribution in [0.1, 0.15) is 36.0 Å². The van der Waals surface area contributed by atoms with Gasteiger partial charge in [0.15, 0.2) is 5.84 Å². The largest absolute Gasteiger partial charge is 0.409 e. The standard InChI is InChI=1S/C11H17N5O2/c1-16-7-8(6-13-16)9(17)14-11(10(12)15-18)4-2-3-5-11/h6-7,18H,2-5H2,1H3,(H2,12,15)(H,14,17). The Hall–Kier alpha value is -2.05. The Balaban J connectivity index is 2.17. The van der Waals surface area contributed by atoms with E-state index in [1.165, 1.54) is 6.20 Å². The molecule has 1 heterocycles. The molecule has 0 spiro atoms. The number of amides is 1. The first-order valence-corrected chi connectivity index (χ1v) is 5.86. The minimum absolute atomic E-state index is 0.0669. The summed E-state index contributed by atoms with van der Waals surface area (Å²) in [6, 6.07) is 0. The van der Waals surface area contributed by atoms with E-state index in [4.69, 9.17) is 10.9 Å². The van der Waals surface area contributed by atoms with Gasteiger partial charge in [-0.15, -0.1) is 0 Å². The summed E-state index contributed by atoms with van der Waals surface area (Å²) in [5.41, 5.74) is 5.46. The van der Waals surface area contributed by atoms with Crippen LogP contribution < -0.4 is 11.1 Å². The number of nitrogens with two attached hydrogens (primary N) is 1. The van der Waals surface area contributed by atoms with Crippen molar-refractivity contribution in [3.63, 3.8) is 0 Å². The van der Waals surface area contributed by atoms with E-state index in [0.717, 1.165) is 12.8 Å². The summed E-state index contributed by atoms with van der Waals surface area (Å²) in [4.78, 5) is 12.1. The predicted octanol–water partition coefficient (Wildman–Crippen LogP) is 0.209. The Labute approximate surface area is 105 Å². The summed E-state index contributed by atoms with van der Waals surface area (Å²) in [7, 11) is 1.74. The van der Waals surface area contributed by atoms with Gasteiger partial charge >= 0.3 is 0 Å². The number of carbonyl (C=O) groups excluding carboxylic acids is 1. The molecular formula is C11H17N5O2. The van der Waals surface area contributed by atoms with E-state index in [9.17, 15) is 4.79 Å². The second-order valence-corrected chi connectivity index (χ2v) is 4.63. The van der Waals surface area contributed by atoms with E-state index in [0.29, 0.717) is 18.4 Å². The van der Waals surface area contributed by atoms with Crippen molar-refractivity contribution in [3.05, 3.63) is 18.0 Å². The van der Waals surface area contributed by atoms with Crippen LogP contribution >= 0.6 is 0 Å². The zero-order chi connectivity index (χ0) is 13.2. The number of rotatable bonds is 3. The molecule has 7 heteroatoms. The minimum atomic E-state index is -0.721. The molecule has 98 valence electrons. The maximum absolute atomic E-state index is 12.1. The lowest BCUT2D eigenvalue weighted by Crippen LogP contribution is -2.55. The summed E-state index contributed by atoms with van der Waals surface area (Å²) in [6.07, 6.45) is 6.39. The quantitative estimate of drug-likeness (QED) is 0.309. The second kappa shape index (κ2) is 4.67. The average molecular weight is 251 g/mol. The Kier molecular flexibility index (Phi) is 3.22. The third kappa shape index (κ3) is 2.15. The second-order valence-electron chi connectivity index (χ2n) is 4.63. The molecular weight excluding hydrogens is 234 g/mol. The van der Waals surface area contributed by atoms with Gasteiger partial charge in [0, 0.05) is 13.2 Å². The monoisotopic (exact) mass is 251 g/mol. The van der Waals surface area contributed by atoms with E-state index in [2.05, 4.69) is 15.6 Å². The van der Waals surface area contributed by atoms with E-state index in [1.54, 1.807) is 17.9 Å². The summed E-state index contributed by atoms with van der Waals surface area (Å²) >= 11 is 0. The normalized spacial score (nSPS) is 18.8. The highest BCUT2D eigenvalue weighted by Gasteiger charge is 2.40. The number of oxime groups is 1. The number of nitrogens with one attached hydrogen (secondary N) is 1. The van der Waals surface area contributed by atoms with Crippen LogP contribution in [0.25, 0.3) is 0 Å². The number of amidine groups is 1. The van der Waals surface area contributed by atoms with Gasteiger partial charge in [0.2, 0.25) is 0 Å². The van der Waals surface area contributed by atoms with Gasteiger partial charge < -0.3 is 16.3 Å². The molecule has 1 amide bonds. The lowest BCUT2D eigenvalue weighted by molar-refractivity contribution is 0.0922. The third-order valence-corrected chi connectivity index (χ3v) is 3.38. The van der Waals surface area contributed by atoms with Gasteiger partial charge in [-0.2, -0.15) is 5.10 Å². The fraction of sp³-hybridized carbons (Fsp3) is 0.545. The first-order valence-electron chi connectivity index (χ1n) is 5.86. The van der Waals surface area contributed by atoms with Crippen molar-refractivity contribution in [1.29, 1.82) is 0 Å². The minimum Gasteiger partial charge on any atom is -0.409 e. The van der Waals surface area contributed by atoms with Gasteiger partial charge in [0.1, 0.15) is 5.54 Å². The topological polar surface area (TPSA) is 106 Å². The number of aromatic nitrogens is 2. The molecule has 1 aliphatic rings. The summed E-state index contributed by atoms with van der Waals surface area (Å²) in [5, 5.41) is 18.7. The van der Waals surface area contributed by atoms with Gasteiger partial charge in [0.05, 0.1) is 11.8 Å². The molecule has 4 N–H and O–H groups in total. The molecule has 0 atom stereocenters. The summed E-state index contributed by atoms with van der Waals surface area (Å²) < 4.78 is 1.56. The van der Waals surface area contributed by atoms with Crippen molar-refractivity contribution >= 4 is 11.7 Å². The number of aryl methyl sites for hydroxylation is 1. The highest BCUT2D eigenvalue weighted by atomic mass is 16.4. The fourth-order valence-corrected chi connectivity index (χ4v) is 2.35. The zero-order valence-corrected chi connectivity index (χ0v) is 10.3. The molecule has 1 aliphatic carbocycles. The molecule has 1 saturated carbocycles. The fourth-order valence-electron chi connectivity index (χ4n) is 2.35. The predicted molar refractivity (Wildman–Crippen MR) is 65.3 cm³/mol. The van der Waals surface area contributed by atoms with E-state index in [-0.39, 0.29) is 11.7 Å². The molecule has 0 unspecified atom stereocenters. The van der Waals surface area contributed by atoms with Gasteiger partial charge in [-0.25, -0.2) is 0 Å². The molecule has 1 aromatic rings. The Morgan fingerprint density at radius 3 is 2.78 bits per heavy atom. The highest BCUT2D eigenvalue weighted by molar-refractivity contribution is 6.00. The molecule has 7 nitrogen and oxygen atoms in total. The SMILES string of the molecule is Cn1cc(C(=O)NC2(/C(N)=N/O)CCCC2)cn1. The first kappa shape index (κ1) is 12.4. The zero-order valence-electron chi connectivity index (χ0n) is 10.3. The number of nitrogens with zero attached hydrogens (tertiary/aromatic N) is 3. The summed E-state index contributed by atoms with van der Waals surface area (Å²) in [5.74, 6) is -0.186. The molecule has 18 heavy (non-hydrogen) atoms. The van der Waals surface area contributed by atoms with Crippen LogP contribution in [-0.4, -0.2) is 32.3 Å². The van der Waals surface area contributed by atoms with Crippen molar-refractivity contribution in [1.82, 2.24) is 15.1 Å². The Bertz CT molecular complexity index is 474. The first-order chi connectivity index (χ1) is 8.57. The van der Waals surface area contributed by atoms with Crippen LogP contribution in [0.4, 0.5) is 0 Å². The van der Waals surface area contributed by atoms with Crippen molar-refractivity contribution in [2.24, 2.45) is 17.9 Å². The van der Waals surface area contributed by atoms with Crippen LogP contribution in [0.5, 0.6) is 0 Å². The molecule has 1 fully saturated rings. The third-order valence-electron chi connectivity index (χ3n) is 3.38. The molecule has 0 saturated heterocycles. The Morgan fingerprint density at radius 1 is 1.61 bits per heavy atom. The van der Waals surface area contributed by atoms with Gasteiger partial charge in [-0.05, 0) is 12.8 Å². The van der Waals surface area contributed by atoms with Crippen LogP contribution in [-0.2, 0) is 7.05 Å². The van der Waals surface area contributed by atoms with Crippen LogP contribution in [0.15, 0.2) is 17.5 Å². The lowest BCUT2D eigenvalue weighted by atomic mass is 9.95. The van der Waals surface area contributed by atoms with E-state index < -0.39 is 5.54 Å². The lowest BCUT2D eigenvalue weighted by Gasteiger charge is -2.28. The van der Waals surface area contributed by atoms with Crippen molar-refractivity contribution < 1.29 is 10.0 Å². The molecule has 0 aliphatic heterocycles. The van der Waals surface area contributed by atoms with E-state index >= 15 is 0 Å². The maximum Gasteiger partial charge on any atom is 0.255 e. The maximum atomic E-state index is 12.1.